The Labute approximate surface area is 164 Å². The zero-order valence-electron chi connectivity index (χ0n) is 15.5. The molecule has 28 heavy (non-hydrogen) atoms. The number of benzene rings is 2. The van der Waals surface area contributed by atoms with Crippen LogP contribution < -0.4 is 9.80 Å². The van der Waals surface area contributed by atoms with Gasteiger partial charge in [0.25, 0.3) is 0 Å². The zero-order valence-corrected chi connectivity index (χ0v) is 15.5. The summed E-state index contributed by atoms with van der Waals surface area (Å²) >= 11 is 0. The fraction of sp³-hybridized carbons (Fsp3) is 0.318. The van der Waals surface area contributed by atoms with Crippen LogP contribution in [0.25, 0.3) is 6.08 Å². The quantitative estimate of drug-likeness (QED) is 0.744. The van der Waals surface area contributed by atoms with Crippen molar-refractivity contribution in [3.05, 3.63) is 66.0 Å². The highest BCUT2D eigenvalue weighted by atomic mass is 19.1. The summed E-state index contributed by atoms with van der Waals surface area (Å²) in [6, 6.07) is 15.0. The van der Waals surface area contributed by atoms with Crippen LogP contribution in [0.2, 0.25) is 0 Å². The van der Waals surface area contributed by atoms with Crippen LogP contribution in [0.4, 0.5) is 15.8 Å². The Hall–Kier alpha value is -2.70. The van der Waals surface area contributed by atoms with Crippen LogP contribution >= 0.6 is 0 Å². The van der Waals surface area contributed by atoms with Crippen molar-refractivity contribution in [2.75, 3.05) is 42.6 Å². The fourth-order valence-corrected chi connectivity index (χ4v) is 3.58. The summed E-state index contributed by atoms with van der Waals surface area (Å²) in [7, 11) is 0. The number of morpholine rings is 1. The van der Waals surface area contributed by atoms with Gasteiger partial charge >= 0.3 is 0 Å². The number of anilines is 2. The predicted molar refractivity (Wildman–Crippen MR) is 107 cm³/mol. The van der Waals surface area contributed by atoms with E-state index in [0.717, 1.165) is 11.8 Å². The van der Waals surface area contributed by atoms with Gasteiger partial charge in [0.2, 0.25) is 0 Å². The third-order valence-corrected chi connectivity index (χ3v) is 5.03. The van der Waals surface area contributed by atoms with Gasteiger partial charge in [-0.25, -0.2) is 4.39 Å². The average Bonchev–Trinajstić information content (AvgIpc) is 3.17. The molecule has 0 saturated carbocycles. The maximum Gasteiger partial charge on any atom is 0.187 e. The standard InChI is InChI=1S/C22H23FN2O3/c23-20-14-18(7-9-21(20)24-10-12-27-13-11-24)25-15-19(28-22(25)16-26)8-6-17-4-2-1-3-5-17/h1-9,14,16,19,22H,10-13,15H2. The fourth-order valence-electron chi connectivity index (χ4n) is 3.58. The molecule has 2 aromatic carbocycles. The zero-order chi connectivity index (χ0) is 19.3. The van der Waals surface area contributed by atoms with Crippen LogP contribution in [-0.2, 0) is 14.3 Å². The van der Waals surface area contributed by atoms with E-state index in [1.54, 1.807) is 11.0 Å². The lowest BCUT2D eigenvalue weighted by atomic mass is 10.2. The molecule has 0 N–H and O–H groups in total. The summed E-state index contributed by atoms with van der Waals surface area (Å²) in [4.78, 5) is 15.3. The second kappa shape index (κ2) is 8.54. The van der Waals surface area contributed by atoms with E-state index in [1.807, 2.05) is 53.5 Å². The summed E-state index contributed by atoms with van der Waals surface area (Å²) in [6.45, 7) is 3.04. The molecule has 0 spiro atoms. The summed E-state index contributed by atoms with van der Waals surface area (Å²) < 4.78 is 25.9. The normalized spacial score (nSPS) is 22.8. The molecule has 0 aliphatic carbocycles. The molecule has 2 fully saturated rings. The van der Waals surface area contributed by atoms with Gasteiger partial charge in [-0.15, -0.1) is 0 Å². The summed E-state index contributed by atoms with van der Waals surface area (Å²) in [6.07, 6.45) is 3.70. The Bertz CT molecular complexity index is 837. The molecular formula is C22H23FN2O3. The van der Waals surface area contributed by atoms with E-state index in [2.05, 4.69) is 0 Å². The smallest absolute Gasteiger partial charge is 0.187 e. The summed E-state index contributed by atoms with van der Waals surface area (Å²) in [5.41, 5.74) is 2.27. The Morgan fingerprint density at radius 2 is 1.86 bits per heavy atom. The molecule has 2 heterocycles. The molecule has 2 atom stereocenters. The van der Waals surface area contributed by atoms with Crippen molar-refractivity contribution in [2.24, 2.45) is 0 Å². The van der Waals surface area contributed by atoms with E-state index in [0.29, 0.717) is 44.2 Å². The minimum atomic E-state index is -0.723. The molecule has 4 rings (SSSR count). The third-order valence-electron chi connectivity index (χ3n) is 5.03. The van der Waals surface area contributed by atoms with Crippen molar-refractivity contribution in [3.8, 4) is 0 Å². The van der Waals surface area contributed by atoms with Crippen molar-refractivity contribution in [1.82, 2.24) is 0 Å². The second-order valence-corrected chi connectivity index (χ2v) is 6.86. The van der Waals surface area contributed by atoms with E-state index in [1.165, 1.54) is 6.07 Å². The van der Waals surface area contributed by atoms with E-state index < -0.39 is 6.23 Å². The topological polar surface area (TPSA) is 42.0 Å². The molecule has 0 radical (unpaired) electrons. The van der Waals surface area contributed by atoms with Gasteiger partial charge in [-0.3, -0.25) is 4.79 Å². The van der Waals surface area contributed by atoms with Gasteiger partial charge in [-0.2, -0.15) is 0 Å². The lowest BCUT2D eigenvalue weighted by molar-refractivity contribution is -0.116. The van der Waals surface area contributed by atoms with Crippen molar-refractivity contribution in [2.45, 2.75) is 12.3 Å². The highest BCUT2D eigenvalue weighted by molar-refractivity contribution is 5.67. The van der Waals surface area contributed by atoms with E-state index in [4.69, 9.17) is 9.47 Å². The van der Waals surface area contributed by atoms with Gasteiger partial charge in [0, 0.05) is 18.8 Å². The van der Waals surface area contributed by atoms with Gasteiger partial charge in [0.05, 0.1) is 31.5 Å². The van der Waals surface area contributed by atoms with Crippen molar-refractivity contribution >= 4 is 23.7 Å². The predicted octanol–water partition coefficient (Wildman–Crippen LogP) is 3.11. The Morgan fingerprint density at radius 3 is 2.57 bits per heavy atom. The molecule has 146 valence electrons. The molecular weight excluding hydrogens is 359 g/mol. The van der Waals surface area contributed by atoms with Crippen molar-refractivity contribution in [1.29, 1.82) is 0 Å². The SMILES string of the molecule is O=CC1OC(C=Cc2ccccc2)CN1c1ccc(N2CCOCC2)c(F)c1. The lowest BCUT2D eigenvalue weighted by Crippen LogP contribution is -2.37. The van der Waals surface area contributed by atoms with Crippen LogP contribution in [0.3, 0.4) is 0 Å². The molecule has 2 unspecified atom stereocenters. The van der Waals surface area contributed by atoms with Crippen LogP contribution in [-0.4, -0.2) is 51.5 Å². The van der Waals surface area contributed by atoms with Crippen LogP contribution in [0.5, 0.6) is 0 Å². The minimum Gasteiger partial charge on any atom is -0.378 e. The number of hydrogen-bond acceptors (Lipinski definition) is 5. The third kappa shape index (κ3) is 4.08. The average molecular weight is 382 g/mol. The number of nitrogens with zero attached hydrogens (tertiary/aromatic N) is 2. The first-order valence-electron chi connectivity index (χ1n) is 9.47. The maximum absolute atomic E-state index is 14.7. The summed E-state index contributed by atoms with van der Waals surface area (Å²) in [5, 5.41) is 0. The molecule has 5 nitrogen and oxygen atoms in total. The lowest BCUT2D eigenvalue weighted by Gasteiger charge is -2.30. The Morgan fingerprint density at radius 1 is 1.07 bits per heavy atom. The van der Waals surface area contributed by atoms with E-state index in [-0.39, 0.29) is 11.9 Å². The highest BCUT2D eigenvalue weighted by Crippen LogP contribution is 2.30. The first-order valence-corrected chi connectivity index (χ1v) is 9.47. The molecule has 2 aliphatic rings. The van der Waals surface area contributed by atoms with Gasteiger partial charge in [0.15, 0.2) is 12.5 Å². The minimum absolute atomic E-state index is 0.239. The Balaban J connectivity index is 1.49. The number of halogens is 1. The Kier molecular flexibility index (Phi) is 5.69. The first kappa shape index (κ1) is 18.7. The molecule has 2 aliphatic heterocycles. The number of ether oxygens (including phenoxy) is 2. The maximum atomic E-state index is 14.7. The second-order valence-electron chi connectivity index (χ2n) is 6.86. The van der Waals surface area contributed by atoms with Gasteiger partial charge in [-0.05, 0) is 23.8 Å². The number of carbonyl (C=O) groups excluding carboxylic acids is 1. The molecule has 6 heteroatoms. The van der Waals surface area contributed by atoms with Crippen LogP contribution in [0.1, 0.15) is 5.56 Å². The van der Waals surface area contributed by atoms with Crippen LogP contribution in [0, 0.1) is 5.82 Å². The largest absolute Gasteiger partial charge is 0.378 e. The highest BCUT2D eigenvalue weighted by Gasteiger charge is 2.32. The monoisotopic (exact) mass is 382 g/mol. The van der Waals surface area contributed by atoms with Gasteiger partial charge < -0.3 is 19.3 Å². The molecule has 0 bridgehead atoms. The van der Waals surface area contributed by atoms with E-state index >= 15 is 0 Å². The van der Waals surface area contributed by atoms with Crippen LogP contribution in [0.15, 0.2) is 54.6 Å². The number of rotatable bonds is 5. The number of carbonyl (C=O) groups is 1. The molecule has 2 aromatic rings. The van der Waals surface area contributed by atoms with Gasteiger partial charge in [-0.1, -0.05) is 42.5 Å². The molecule has 2 saturated heterocycles. The van der Waals surface area contributed by atoms with Crippen molar-refractivity contribution in [3.63, 3.8) is 0 Å². The first-order chi connectivity index (χ1) is 13.7. The van der Waals surface area contributed by atoms with Gasteiger partial charge in [0.1, 0.15) is 5.82 Å². The number of hydrogen-bond donors (Lipinski definition) is 0. The number of aldehydes is 1. The van der Waals surface area contributed by atoms with E-state index in [9.17, 15) is 9.18 Å². The molecule has 0 aromatic heterocycles. The molecule has 0 amide bonds. The van der Waals surface area contributed by atoms with Crippen molar-refractivity contribution < 1.29 is 18.7 Å². The summed E-state index contributed by atoms with van der Waals surface area (Å²) in [5.74, 6) is -0.299.